The number of hydrogen-bond donors (Lipinski definition) is 2. The van der Waals surface area contributed by atoms with Crippen LogP contribution in [0.15, 0.2) is 36.4 Å². The number of benzene rings is 2. The molecule has 2 aromatic rings. The van der Waals surface area contributed by atoms with Crippen molar-refractivity contribution in [3.05, 3.63) is 58.9 Å². The molecule has 1 fully saturated rings. The molecule has 2 N–H and O–H groups in total. The summed E-state index contributed by atoms with van der Waals surface area (Å²) >= 11 is 0. The number of anilines is 2. The normalized spacial score (nSPS) is 15.0. The van der Waals surface area contributed by atoms with Gasteiger partial charge in [-0.05, 0) is 48.9 Å². The molecule has 1 unspecified atom stereocenters. The van der Waals surface area contributed by atoms with E-state index < -0.39 is 17.7 Å². The lowest BCUT2D eigenvalue weighted by molar-refractivity contribution is -0.137. The highest BCUT2D eigenvalue weighted by molar-refractivity contribution is 5.96. The Kier molecular flexibility index (Phi) is 10.5. The maximum Gasteiger partial charge on any atom is 0.304 e. The van der Waals surface area contributed by atoms with Crippen molar-refractivity contribution in [3.63, 3.8) is 0 Å². The molecule has 0 aromatic heterocycles. The third kappa shape index (κ3) is 8.29. The topological polar surface area (TPSA) is 78.9 Å². The summed E-state index contributed by atoms with van der Waals surface area (Å²) in [6.07, 6.45) is 5.32. The van der Waals surface area contributed by atoms with Crippen LogP contribution in [0.1, 0.15) is 75.0 Å². The van der Waals surface area contributed by atoms with Gasteiger partial charge in [0.1, 0.15) is 5.82 Å². The molecule has 1 aliphatic carbocycles. The van der Waals surface area contributed by atoms with Gasteiger partial charge < -0.3 is 20.1 Å². The minimum absolute atomic E-state index is 0.139. The monoisotopic (exact) mass is 512 g/mol. The van der Waals surface area contributed by atoms with E-state index >= 15 is 4.39 Å². The second-order valence-electron chi connectivity index (χ2n) is 10.7. The van der Waals surface area contributed by atoms with Crippen LogP contribution in [0.4, 0.5) is 15.8 Å². The van der Waals surface area contributed by atoms with E-state index in [1.54, 1.807) is 6.07 Å². The van der Waals surface area contributed by atoms with Gasteiger partial charge in [0.15, 0.2) is 0 Å². The number of hydrogen-bond acceptors (Lipinski definition) is 4. The zero-order valence-corrected chi connectivity index (χ0v) is 22.6. The van der Waals surface area contributed by atoms with Crippen molar-refractivity contribution < 1.29 is 23.8 Å². The van der Waals surface area contributed by atoms with E-state index in [0.717, 1.165) is 36.8 Å². The summed E-state index contributed by atoms with van der Waals surface area (Å²) in [6, 6.07) is 11.1. The minimum Gasteiger partial charge on any atom is -0.481 e. The van der Waals surface area contributed by atoms with Crippen LogP contribution >= 0.6 is 0 Å². The van der Waals surface area contributed by atoms with Gasteiger partial charge in [-0.25, -0.2) is 4.39 Å². The van der Waals surface area contributed by atoms with Crippen molar-refractivity contribution in [2.75, 3.05) is 30.5 Å². The lowest BCUT2D eigenvalue weighted by Gasteiger charge is -2.39. The number of carboxylic acids is 1. The second kappa shape index (κ2) is 13.6. The van der Waals surface area contributed by atoms with E-state index in [1.807, 2.05) is 31.2 Å². The third-order valence-corrected chi connectivity index (χ3v) is 6.97. The Morgan fingerprint density at radius 3 is 2.41 bits per heavy atom. The first-order chi connectivity index (χ1) is 17.7. The number of rotatable bonds is 12. The number of nitrogens with zero attached hydrogens (tertiary/aromatic N) is 1. The quantitative estimate of drug-likeness (QED) is 0.348. The van der Waals surface area contributed by atoms with Crippen LogP contribution in [0.5, 0.6) is 0 Å². The fraction of sp³-hybridized carbons (Fsp3) is 0.533. The van der Waals surface area contributed by atoms with E-state index in [0.29, 0.717) is 29.4 Å². The van der Waals surface area contributed by atoms with Gasteiger partial charge in [0.05, 0.1) is 30.8 Å². The second-order valence-corrected chi connectivity index (χ2v) is 10.7. The molecule has 0 heterocycles. The maximum absolute atomic E-state index is 16.0. The Hall–Kier alpha value is -2.93. The summed E-state index contributed by atoms with van der Waals surface area (Å²) in [4.78, 5) is 26.8. The van der Waals surface area contributed by atoms with Crippen molar-refractivity contribution >= 4 is 23.3 Å². The Morgan fingerprint density at radius 2 is 1.81 bits per heavy atom. The lowest BCUT2D eigenvalue weighted by atomic mass is 9.91. The van der Waals surface area contributed by atoms with Crippen molar-refractivity contribution in [2.45, 2.75) is 77.7 Å². The molecule has 1 aliphatic rings. The summed E-state index contributed by atoms with van der Waals surface area (Å²) in [5, 5.41) is 12.4. The van der Waals surface area contributed by atoms with E-state index in [4.69, 9.17) is 4.74 Å². The van der Waals surface area contributed by atoms with E-state index in [-0.39, 0.29) is 31.4 Å². The summed E-state index contributed by atoms with van der Waals surface area (Å²) in [5.41, 5.74) is 3.28. The van der Waals surface area contributed by atoms with Crippen LogP contribution in [0.25, 0.3) is 0 Å². The molecular weight excluding hydrogens is 471 g/mol. The van der Waals surface area contributed by atoms with Gasteiger partial charge in [0, 0.05) is 25.6 Å². The van der Waals surface area contributed by atoms with Crippen molar-refractivity contribution in [2.24, 2.45) is 5.92 Å². The minimum atomic E-state index is -0.986. The predicted octanol–water partition coefficient (Wildman–Crippen LogP) is 6.32. The molecule has 202 valence electrons. The summed E-state index contributed by atoms with van der Waals surface area (Å²) in [6.45, 7) is 7.02. The number of carbonyl (C=O) groups is 2. The van der Waals surface area contributed by atoms with Crippen molar-refractivity contribution in [1.29, 1.82) is 0 Å². The van der Waals surface area contributed by atoms with Gasteiger partial charge in [0.2, 0.25) is 5.91 Å². The van der Waals surface area contributed by atoms with E-state index in [2.05, 4.69) is 24.1 Å². The van der Waals surface area contributed by atoms with Crippen LogP contribution in [-0.4, -0.2) is 43.3 Å². The first-order valence-electron chi connectivity index (χ1n) is 13.3. The van der Waals surface area contributed by atoms with Gasteiger partial charge in [-0.1, -0.05) is 62.9 Å². The zero-order chi connectivity index (χ0) is 26.9. The van der Waals surface area contributed by atoms with Crippen molar-refractivity contribution in [1.82, 2.24) is 0 Å². The summed E-state index contributed by atoms with van der Waals surface area (Å²) in [5.74, 6) is -1.91. The summed E-state index contributed by atoms with van der Waals surface area (Å²) in [7, 11) is 1.50. The third-order valence-electron chi connectivity index (χ3n) is 6.97. The number of aryl methyl sites for hydroxylation is 1. The number of amides is 1. The largest absolute Gasteiger partial charge is 0.481 e. The molecule has 0 bridgehead atoms. The predicted molar refractivity (Wildman–Crippen MR) is 146 cm³/mol. The standard InChI is InChI=1S/C30H41FN2O4/c1-20(2)18-33(25-8-6-5-7-9-25)30-26(31)15-23(24(19-37-4)17-29(35)36)16-27(30)32-28(34)14-22-12-10-21(3)11-13-22/h10-13,15-16,20,24-25H,5-9,14,17-19H2,1-4H3,(H,32,34)(H,35,36). The number of nitrogens with one attached hydrogen (secondary N) is 1. The average Bonchev–Trinajstić information content (AvgIpc) is 2.84. The van der Waals surface area contributed by atoms with Gasteiger partial charge in [-0.15, -0.1) is 0 Å². The molecule has 0 saturated heterocycles. The number of carboxylic acid groups (broad SMARTS) is 1. The van der Waals surface area contributed by atoms with Crippen LogP contribution in [0.3, 0.4) is 0 Å². The fourth-order valence-corrected chi connectivity index (χ4v) is 5.22. The first kappa shape index (κ1) is 28.6. The number of aliphatic carboxylic acids is 1. The Bertz CT molecular complexity index is 1050. The van der Waals surface area contributed by atoms with Gasteiger partial charge in [0.25, 0.3) is 0 Å². The van der Waals surface area contributed by atoms with Crippen LogP contribution < -0.4 is 10.2 Å². The zero-order valence-electron chi connectivity index (χ0n) is 22.6. The first-order valence-corrected chi connectivity index (χ1v) is 13.3. The molecule has 0 aliphatic heterocycles. The van der Waals surface area contributed by atoms with Crippen LogP contribution in [0, 0.1) is 18.7 Å². The average molecular weight is 513 g/mol. The summed E-state index contributed by atoms with van der Waals surface area (Å²) < 4.78 is 21.3. The Balaban J connectivity index is 2.04. The molecule has 0 radical (unpaired) electrons. The lowest BCUT2D eigenvalue weighted by Crippen LogP contribution is -2.40. The molecular formula is C30H41FN2O4. The Labute approximate surface area is 220 Å². The molecule has 3 rings (SSSR count). The van der Waals surface area contributed by atoms with Gasteiger partial charge >= 0.3 is 5.97 Å². The Morgan fingerprint density at radius 1 is 1.14 bits per heavy atom. The molecule has 1 amide bonds. The molecule has 1 saturated carbocycles. The molecule has 2 aromatic carbocycles. The smallest absolute Gasteiger partial charge is 0.304 e. The SMILES string of the molecule is COCC(CC(=O)O)c1cc(F)c(N(CC(C)C)C2CCCCC2)c(NC(=O)Cc2ccc(C)cc2)c1. The molecule has 6 nitrogen and oxygen atoms in total. The number of halogens is 1. The van der Waals surface area contributed by atoms with E-state index in [1.165, 1.54) is 19.6 Å². The number of ether oxygens (including phenoxy) is 1. The highest BCUT2D eigenvalue weighted by atomic mass is 19.1. The van der Waals surface area contributed by atoms with Crippen LogP contribution in [0.2, 0.25) is 0 Å². The maximum atomic E-state index is 16.0. The van der Waals surface area contributed by atoms with Gasteiger partial charge in [-0.2, -0.15) is 0 Å². The molecule has 7 heteroatoms. The van der Waals surface area contributed by atoms with Gasteiger partial charge in [-0.3, -0.25) is 9.59 Å². The molecule has 0 spiro atoms. The van der Waals surface area contributed by atoms with E-state index in [9.17, 15) is 14.7 Å². The fourth-order valence-electron chi connectivity index (χ4n) is 5.22. The van der Waals surface area contributed by atoms with Crippen molar-refractivity contribution in [3.8, 4) is 0 Å². The highest BCUT2D eigenvalue weighted by Crippen LogP contribution is 2.38. The number of carbonyl (C=O) groups excluding carboxylic acids is 1. The number of methoxy groups -OCH3 is 1. The van der Waals surface area contributed by atoms with Crippen LogP contribution in [-0.2, 0) is 20.7 Å². The molecule has 1 atom stereocenters. The highest BCUT2D eigenvalue weighted by Gasteiger charge is 2.29. The molecule has 37 heavy (non-hydrogen) atoms.